The van der Waals surface area contributed by atoms with Crippen LogP contribution in [0.25, 0.3) is 11.0 Å². The molecule has 1 aromatic heterocycles. The first-order valence-electron chi connectivity index (χ1n) is 12.6. The first-order valence-corrected chi connectivity index (χ1v) is 13.0. The molecule has 0 spiro atoms. The van der Waals surface area contributed by atoms with E-state index in [1.54, 1.807) is 4.90 Å². The fraction of sp³-hybridized carbons (Fsp3) is 0.464. The maximum absolute atomic E-state index is 14.0. The maximum atomic E-state index is 14.0. The van der Waals surface area contributed by atoms with Gasteiger partial charge in [-0.05, 0) is 61.4 Å². The molecule has 1 saturated carbocycles. The average molecular weight is 493 g/mol. The first-order chi connectivity index (χ1) is 16.8. The van der Waals surface area contributed by atoms with E-state index in [9.17, 15) is 9.59 Å². The molecule has 3 aromatic rings. The van der Waals surface area contributed by atoms with E-state index in [0.29, 0.717) is 42.2 Å². The van der Waals surface area contributed by atoms with Gasteiger partial charge < -0.3 is 14.8 Å². The van der Waals surface area contributed by atoms with E-state index < -0.39 is 5.54 Å². The van der Waals surface area contributed by atoms with Crippen molar-refractivity contribution in [2.75, 3.05) is 6.54 Å². The van der Waals surface area contributed by atoms with Crippen molar-refractivity contribution < 1.29 is 9.59 Å². The third-order valence-corrected chi connectivity index (χ3v) is 8.45. The highest BCUT2D eigenvalue weighted by atomic mass is 35.5. The number of aromatic nitrogens is 2. The number of nitrogens with zero attached hydrogens (tertiary/aromatic N) is 3. The lowest BCUT2D eigenvalue weighted by Crippen LogP contribution is -2.66. The summed E-state index contributed by atoms with van der Waals surface area (Å²) in [6, 6.07) is 15.5. The Balaban J connectivity index is 1.48. The van der Waals surface area contributed by atoms with Crippen molar-refractivity contribution in [1.82, 2.24) is 19.8 Å². The Kier molecular flexibility index (Phi) is 6.34. The highest BCUT2D eigenvalue weighted by molar-refractivity contribution is 6.30. The Labute approximate surface area is 211 Å². The van der Waals surface area contributed by atoms with Crippen LogP contribution in [0.1, 0.15) is 56.2 Å². The summed E-state index contributed by atoms with van der Waals surface area (Å²) in [5.74, 6) is 1.08. The largest absolute Gasteiger partial charge is 0.351 e. The maximum Gasteiger partial charge on any atom is 0.290 e. The quantitative estimate of drug-likeness (QED) is 0.539. The summed E-state index contributed by atoms with van der Waals surface area (Å²) in [6.07, 6.45) is 3.91. The van der Waals surface area contributed by atoms with E-state index in [-0.39, 0.29) is 17.9 Å². The zero-order valence-electron chi connectivity index (χ0n) is 20.6. The third-order valence-electron chi connectivity index (χ3n) is 8.20. The molecular weight excluding hydrogens is 460 g/mol. The molecule has 2 aromatic carbocycles. The average Bonchev–Trinajstić information content (AvgIpc) is 3.21. The van der Waals surface area contributed by atoms with Gasteiger partial charge >= 0.3 is 0 Å². The van der Waals surface area contributed by atoms with Crippen LogP contribution in [0.15, 0.2) is 48.5 Å². The number of carbonyl (C=O) groups excluding carboxylic acids is 2. The molecule has 0 bridgehead atoms. The molecule has 35 heavy (non-hydrogen) atoms. The molecule has 0 unspecified atom stereocenters. The zero-order valence-corrected chi connectivity index (χ0v) is 21.4. The number of amides is 2. The van der Waals surface area contributed by atoms with Crippen molar-refractivity contribution in [1.29, 1.82) is 0 Å². The van der Waals surface area contributed by atoms with E-state index >= 15 is 0 Å². The van der Waals surface area contributed by atoms with Crippen LogP contribution in [-0.2, 0) is 17.8 Å². The van der Waals surface area contributed by atoms with Crippen molar-refractivity contribution >= 4 is 34.4 Å². The van der Waals surface area contributed by atoms with E-state index in [1.165, 1.54) is 6.42 Å². The molecule has 2 aliphatic rings. The van der Waals surface area contributed by atoms with Crippen LogP contribution in [0.3, 0.4) is 0 Å². The molecule has 2 amide bonds. The number of fused-ring (bicyclic) bond motifs is 3. The standard InChI is InChI=1S/C28H33ClN4O2/c1-18-7-6-9-22(19(18)2)31-27(35)28(3)17-32-24-10-5-4-8-23(24)30-25(32)26(34)33(28)16-15-20-11-13-21(29)14-12-20/h4-5,8,10-14,18-19,22H,6-7,9,15-17H2,1-3H3,(H,31,35)/t18-,19-,22+,28-/m1/s1. The van der Waals surface area contributed by atoms with Gasteiger partial charge in [-0.1, -0.05) is 62.6 Å². The molecule has 6 nitrogen and oxygen atoms in total. The van der Waals surface area contributed by atoms with E-state index in [2.05, 4.69) is 24.1 Å². The van der Waals surface area contributed by atoms with Crippen molar-refractivity contribution in [3.8, 4) is 0 Å². The second kappa shape index (κ2) is 9.30. The van der Waals surface area contributed by atoms with Gasteiger partial charge in [-0.15, -0.1) is 0 Å². The van der Waals surface area contributed by atoms with Crippen LogP contribution in [0.5, 0.6) is 0 Å². The van der Waals surface area contributed by atoms with Gasteiger partial charge in [-0.2, -0.15) is 0 Å². The first kappa shape index (κ1) is 23.9. The van der Waals surface area contributed by atoms with Crippen LogP contribution < -0.4 is 5.32 Å². The predicted molar refractivity (Wildman–Crippen MR) is 138 cm³/mol. The lowest BCUT2D eigenvalue weighted by atomic mass is 9.77. The van der Waals surface area contributed by atoms with Crippen molar-refractivity contribution in [2.24, 2.45) is 11.8 Å². The Morgan fingerprint density at radius 1 is 1.14 bits per heavy atom. The molecule has 1 aliphatic carbocycles. The van der Waals surface area contributed by atoms with Crippen molar-refractivity contribution in [2.45, 2.75) is 64.6 Å². The number of rotatable bonds is 5. The number of imidazole rings is 1. The Bertz CT molecular complexity index is 1250. The highest BCUT2D eigenvalue weighted by Crippen LogP contribution is 2.33. The van der Waals surface area contributed by atoms with E-state index in [0.717, 1.165) is 29.4 Å². The summed E-state index contributed by atoms with van der Waals surface area (Å²) in [6.45, 7) is 7.18. The topological polar surface area (TPSA) is 67.2 Å². The van der Waals surface area contributed by atoms with Gasteiger partial charge in [-0.25, -0.2) is 4.98 Å². The predicted octanol–water partition coefficient (Wildman–Crippen LogP) is 5.09. The summed E-state index contributed by atoms with van der Waals surface area (Å²) < 4.78 is 1.92. The molecule has 7 heteroatoms. The molecule has 5 rings (SSSR count). The SMILES string of the molecule is C[C@@H]1[C@H](C)CCC[C@@H]1NC(=O)[C@@]1(C)Cn2c(nc3ccccc32)C(=O)N1CCc1ccc(Cl)cc1. The van der Waals surface area contributed by atoms with Gasteiger partial charge in [0.25, 0.3) is 5.91 Å². The van der Waals surface area contributed by atoms with Crippen LogP contribution in [0, 0.1) is 11.8 Å². The highest BCUT2D eigenvalue weighted by Gasteiger charge is 2.49. The third kappa shape index (κ3) is 4.33. The molecule has 184 valence electrons. The van der Waals surface area contributed by atoms with Gasteiger partial charge in [0.05, 0.1) is 17.6 Å². The summed E-state index contributed by atoms with van der Waals surface area (Å²) in [5, 5.41) is 4.03. The van der Waals surface area contributed by atoms with E-state index in [1.807, 2.05) is 60.0 Å². The number of para-hydroxylation sites is 2. The van der Waals surface area contributed by atoms with Crippen molar-refractivity contribution in [3.63, 3.8) is 0 Å². The summed E-state index contributed by atoms with van der Waals surface area (Å²) in [7, 11) is 0. The fourth-order valence-electron chi connectivity index (χ4n) is 5.68. The van der Waals surface area contributed by atoms with E-state index in [4.69, 9.17) is 11.6 Å². The number of halogens is 1. The second-order valence-corrected chi connectivity index (χ2v) is 10.9. The molecule has 4 atom stereocenters. The molecule has 0 saturated heterocycles. The Morgan fingerprint density at radius 3 is 2.66 bits per heavy atom. The number of nitrogens with one attached hydrogen (secondary N) is 1. The van der Waals surface area contributed by atoms with Gasteiger partial charge in [0.2, 0.25) is 5.91 Å². The number of carbonyl (C=O) groups is 2. The number of benzene rings is 2. The molecule has 0 radical (unpaired) electrons. The van der Waals surface area contributed by atoms with Gasteiger partial charge in [0, 0.05) is 17.6 Å². The normalized spacial score (nSPS) is 26.6. The molecule has 1 fully saturated rings. The lowest BCUT2D eigenvalue weighted by molar-refractivity contribution is -0.134. The minimum atomic E-state index is -1.03. The van der Waals surface area contributed by atoms with Crippen LogP contribution in [0.2, 0.25) is 5.02 Å². The van der Waals surface area contributed by atoms with Crippen LogP contribution in [-0.4, -0.2) is 44.4 Å². The minimum absolute atomic E-state index is 0.0867. The van der Waals surface area contributed by atoms with Gasteiger partial charge in [-0.3, -0.25) is 9.59 Å². The smallest absolute Gasteiger partial charge is 0.290 e. The fourth-order valence-corrected chi connectivity index (χ4v) is 5.81. The van der Waals surface area contributed by atoms with Crippen molar-refractivity contribution in [3.05, 3.63) is 64.9 Å². The van der Waals surface area contributed by atoms with Crippen LogP contribution in [0.4, 0.5) is 0 Å². The van der Waals surface area contributed by atoms with Gasteiger partial charge in [0.1, 0.15) is 5.54 Å². The lowest BCUT2D eigenvalue weighted by Gasteiger charge is -2.45. The molecule has 1 N–H and O–H groups in total. The summed E-state index contributed by atoms with van der Waals surface area (Å²) in [5.41, 5.74) is 1.69. The Hall–Kier alpha value is -2.86. The number of hydrogen-bond donors (Lipinski definition) is 1. The summed E-state index contributed by atoms with van der Waals surface area (Å²) >= 11 is 6.05. The zero-order chi connectivity index (χ0) is 24.7. The van der Waals surface area contributed by atoms with Crippen LogP contribution >= 0.6 is 11.6 Å². The minimum Gasteiger partial charge on any atom is -0.351 e. The number of hydrogen-bond acceptors (Lipinski definition) is 3. The second-order valence-electron chi connectivity index (χ2n) is 10.5. The molecule has 2 heterocycles. The molecule has 1 aliphatic heterocycles. The monoisotopic (exact) mass is 492 g/mol. The van der Waals surface area contributed by atoms with Gasteiger partial charge in [0.15, 0.2) is 5.82 Å². The Morgan fingerprint density at radius 2 is 1.89 bits per heavy atom. The summed E-state index contributed by atoms with van der Waals surface area (Å²) in [4.78, 5) is 34.2. The molecular formula is C28H33ClN4O2.